The summed E-state index contributed by atoms with van der Waals surface area (Å²) in [4.78, 5) is 18.3. The van der Waals surface area contributed by atoms with Crippen LogP contribution in [0.25, 0.3) is 10.9 Å². The van der Waals surface area contributed by atoms with E-state index in [4.69, 9.17) is 11.6 Å². The Balaban J connectivity index is 1.51. The van der Waals surface area contributed by atoms with Crippen LogP contribution in [0.15, 0.2) is 54.6 Å². The molecule has 0 unspecified atom stereocenters. The molecule has 26 heavy (non-hydrogen) atoms. The maximum Gasteiger partial charge on any atom is 0.267 e. The first-order chi connectivity index (χ1) is 12.7. The number of amides is 1. The first kappa shape index (κ1) is 17.1. The molecule has 0 spiro atoms. The van der Waals surface area contributed by atoms with Crippen molar-refractivity contribution in [1.29, 1.82) is 0 Å². The van der Waals surface area contributed by atoms with Gasteiger partial charge in [0.05, 0.1) is 6.04 Å². The minimum Gasteiger partial charge on any atom is -0.351 e. The average molecular weight is 368 g/mol. The largest absolute Gasteiger partial charge is 0.351 e. The lowest BCUT2D eigenvalue weighted by Gasteiger charge is -2.28. The number of hydrogen-bond donors (Lipinski definition) is 2. The van der Waals surface area contributed by atoms with Gasteiger partial charge in [-0.3, -0.25) is 9.69 Å². The van der Waals surface area contributed by atoms with E-state index < -0.39 is 0 Å². The second kappa shape index (κ2) is 7.52. The molecule has 3 aromatic rings. The summed E-state index contributed by atoms with van der Waals surface area (Å²) in [6.07, 6.45) is 2.40. The summed E-state index contributed by atoms with van der Waals surface area (Å²) in [7, 11) is 0. The van der Waals surface area contributed by atoms with Gasteiger partial charge in [-0.15, -0.1) is 0 Å². The normalized spacial score (nSPS) is 16.0. The molecule has 1 aliphatic heterocycles. The molecule has 1 amide bonds. The fourth-order valence-corrected chi connectivity index (χ4v) is 3.90. The highest BCUT2D eigenvalue weighted by Crippen LogP contribution is 2.26. The van der Waals surface area contributed by atoms with Gasteiger partial charge in [-0.25, -0.2) is 0 Å². The van der Waals surface area contributed by atoms with Gasteiger partial charge in [0.2, 0.25) is 0 Å². The monoisotopic (exact) mass is 367 g/mol. The summed E-state index contributed by atoms with van der Waals surface area (Å²) in [5.41, 5.74) is 2.72. The van der Waals surface area contributed by atoms with E-state index in [0.29, 0.717) is 12.2 Å². The third-order valence-electron chi connectivity index (χ3n) is 5.05. The van der Waals surface area contributed by atoms with E-state index in [1.165, 1.54) is 12.8 Å². The van der Waals surface area contributed by atoms with Crippen molar-refractivity contribution in [3.8, 4) is 0 Å². The van der Waals surface area contributed by atoms with Crippen molar-refractivity contribution in [2.45, 2.75) is 18.9 Å². The van der Waals surface area contributed by atoms with E-state index in [0.717, 1.165) is 34.6 Å². The first-order valence-corrected chi connectivity index (χ1v) is 9.44. The van der Waals surface area contributed by atoms with Gasteiger partial charge in [-0.05, 0) is 55.8 Å². The highest BCUT2D eigenvalue weighted by atomic mass is 35.5. The second-order valence-corrected chi connectivity index (χ2v) is 7.23. The molecular formula is C21H22ClN3O. The van der Waals surface area contributed by atoms with Crippen LogP contribution in [0.5, 0.6) is 0 Å². The summed E-state index contributed by atoms with van der Waals surface area (Å²) >= 11 is 6.19. The summed E-state index contributed by atoms with van der Waals surface area (Å²) < 4.78 is 0. The molecule has 0 saturated carbocycles. The number of hydrogen-bond acceptors (Lipinski definition) is 2. The minimum absolute atomic E-state index is 0.0765. The molecule has 4 nitrogen and oxygen atoms in total. The molecule has 1 aliphatic rings. The summed E-state index contributed by atoms with van der Waals surface area (Å²) in [6.45, 7) is 2.67. The van der Waals surface area contributed by atoms with E-state index in [1.54, 1.807) is 0 Å². The molecule has 2 N–H and O–H groups in total. The predicted octanol–water partition coefficient (Wildman–Crippen LogP) is 4.39. The lowest BCUT2D eigenvalue weighted by molar-refractivity contribution is 0.0934. The van der Waals surface area contributed by atoms with Crippen LogP contribution in [-0.4, -0.2) is 35.4 Å². The molecular weight excluding hydrogens is 346 g/mol. The van der Waals surface area contributed by atoms with E-state index in [-0.39, 0.29) is 11.9 Å². The van der Waals surface area contributed by atoms with Crippen molar-refractivity contribution in [2.24, 2.45) is 0 Å². The Morgan fingerprint density at radius 3 is 2.69 bits per heavy atom. The number of carbonyl (C=O) groups is 1. The van der Waals surface area contributed by atoms with Gasteiger partial charge in [-0.1, -0.05) is 41.9 Å². The number of nitrogens with zero attached hydrogens (tertiary/aromatic N) is 1. The SMILES string of the molecule is O=C(NC[C@@H](c1cccc(Cl)c1)N1CCCC1)c1cc2ccccc2[nH]1. The van der Waals surface area contributed by atoms with Crippen LogP contribution < -0.4 is 5.32 Å². The highest BCUT2D eigenvalue weighted by Gasteiger charge is 2.24. The predicted molar refractivity (Wildman–Crippen MR) is 106 cm³/mol. The number of para-hydroxylation sites is 1. The number of likely N-dealkylation sites (tertiary alicyclic amines) is 1. The van der Waals surface area contributed by atoms with Gasteiger partial charge in [0.15, 0.2) is 0 Å². The van der Waals surface area contributed by atoms with E-state index in [2.05, 4.69) is 21.3 Å². The van der Waals surface area contributed by atoms with E-state index >= 15 is 0 Å². The second-order valence-electron chi connectivity index (χ2n) is 6.79. The molecule has 134 valence electrons. The number of carbonyl (C=O) groups excluding carboxylic acids is 1. The number of aromatic nitrogens is 1. The Labute approximate surface area is 158 Å². The maximum absolute atomic E-state index is 12.6. The molecule has 0 aliphatic carbocycles. The number of H-pyrrole nitrogens is 1. The Kier molecular flexibility index (Phi) is 4.96. The highest BCUT2D eigenvalue weighted by molar-refractivity contribution is 6.30. The van der Waals surface area contributed by atoms with Crippen molar-refractivity contribution in [3.63, 3.8) is 0 Å². The minimum atomic E-state index is -0.0765. The Morgan fingerprint density at radius 1 is 1.12 bits per heavy atom. The number of rotatable bonds is 5. The lowest BCUT2D eigenvalue weighted by atomic mass is 10.1. The Bertz CT molecular complexity index is 881. The van der Waals surface area contributed by atoms with Crippen molar-refractivity contribution in [3.05, 3.63) is 70.9 Å². The molecule has 1 saturated heterocycles. The smallest absolute Gasteiger partial charge is 0.267 e. The van der Waals surface area contributed by atoms with Gasteiger partial charge in [0.25, 0.3) is 5.91 Å². The van der Waals surface area contributed by atoms with Crippen LogP contribution in [0.2, 0.25) is 5.02 Å². The fourth-order valence-electron chi connectivity index (χ4n) is 3.71. The van der Waals surface area contributed by atoms with Crippen molar-refractivity contribution < 1.29 is 4.79 Å². The number of benzene rings is 2. The van der Waals surface area contributed by atoms with Gasteiger partial charge >= 0.3 is 0 Å². The number of fused-ring (bicyclic) bond motifs is 1. The fraction of sp³-hybridized carbons (Fsp3) is 0.286. The molecule has 0 radical (unpaired) electrons. The zero-order valence-corrected chi connectivity index (χ0v) is 15.3. The molecule has 2 heterocycles. The van der Waals surface area contributed by atoms with Crippen LogP contribution in [-0.2, 0) is 0 Å². The van der Waals surface area contributed by atoms with Gasteiger partial charge < -0.3 is 10.3 Å². The molecule has 4 rings (SSSR count). The van der Waals surface area contributed by atoms with Crippen molar-refractivity contribution in [1.82, 2.24) is 15.2 Å². The average Bonchev–Trinajstić information content (AvgIpc) is 3.31. The van der Waals surface area contributed by atoms with E-state index in [1.807, 2.05) is 48.5 Å². The van der Waals surface area contributed by atoms with Gasteiger partial charge in [-0.2, -0.15) is 0 Å². The zero-order chi connectivity index (χ0) is 17.9. The van der Waals surface area contributed by atoms with Crippen LogP contribution >= 0.6 is 11.6 Å². The summed E-state index contributed by atoms with van der Waals surface area (Å²) in [5.74, 6) is -0.0765. The van der Waals surface area contributed by atoms with Crippen LogP contribution in [0, 0.1) is 0 Å². The number of halogens is 1. The summed E-state index contributed by atoms with van der Waals surface area (Å²) in [6, 6.07) is 17.9. The number of nitrogens with one attached hydrogen (secondary N) is 2. The standard InChI is InChI=1S/C21H22ClN3O/c22-17-8-5-7-16(12-17)20(25-10-3-4-11-25)14-23-21(26)19-13-15-6-1-2-9-18(15)24-19/h1-2,5-9,12-13,20,24H,3-4,10-11,14H2,(H,23,26)/t20-/m0/s1. The third-order valence-corrected chi connectivity index (χ3v) is 5.28. The molecule has 1 aromatic heterocycles. The number of aromatic amines is 1. The molecule has 1 fully saturated rings. The topological polar surface area (TPSA) is 48.1 Å². The Hall–Kier alpha value is -2.30. The van der Waals surface area contributed by atoms with Crippen molar-refractivity contribution >= 4 is 28.4 Å². The Morgan fingerprint density at radius 2 is 1.92 bits per heavy atom. The maximum atomic E-state index is 12.6. The first-order valence-electron chi connectivity index (χ1n) is 9.06. The van der Waals surface area contributed by atoms with E-state index in [9.17, 15) is 4.79 Å². The van der Waals surface area contributed by atoms with Gasteiger partial charge in [0.1, 0.15) is 5.69 Å². The van der Waals surface area contributed by atoms with Crippen LogP contribution in [0.1, 0.15) is 34.9 Å². The molecule has 2 aromatic carbocycles. The van der Waals surface area contributed by atoms with Crippen molar-refractivity contribution in [2.75, 3.05) is 19.6 Å². The third kappa shape index (κ3) is 3.62. The van der Waals surface area contributed by atoms with Gasteiger partial charge in [0, 0.05) is 22.5 Å². The summed E-state index contributed by atoms with van der Waals surface area (Å²) in [5, 5.41) is 4.88. The molecule has 0 bridgehead atoms. The van der Waals surface area contributed by atoms with Crippen LogP contribution in [0.3, 0.4) is 0 Å². The molecule has 1 atom stereocenters. The quantitative estimate of drug-likeness (QED) is 0.702. The lowest BCUT2D eigenvalue weighted by Crippen LogP contribution is -2.36. The zero-order valence-electron chi connectivity index (χ0n) is 14.5. The molecule has 5 heteroatoms. The van der Waals surface area contributed by atoms with Crippen LogP contribution in [0.4, 0.5) is 0 Å².